The van der Waals surface area contributed by atoms with Gasteiger partial charge in [-0.25, -0.2) is 4.39 Å². The Morgan fingerprint density at radius 3 is 2.96 bits per heavy atom. The molecular weight excluding hydrogens is 329 g/mol. The zero-order chi connectivity index (χ0) is 17.1. The molecule has 1 aliphatic rings. The third-order valence-electron chi connectivity index (χ3n) is 4.19. The van der Waals surface area contributed by atoms with Gasteiger partial charge in [-0.1, -0.05) is 23.7 Å². The summed E-state index contributed by atoms with van der Waals surface area (Å²) in [5.74, 6) is -0.499. The van der Waals surface area contributed by atoms with Crippen molar-refractivity contribution in [3.05, 3.63) is 47.0 Å². The van der Waals surface area contributed by atoms with Crippen molar-refractivity contribution >= 4 is 11.6 Å². The Kier molecular flexibility index (Phi) is 5.20. The van der Waals surface area contributed by atoms with E-state index in [1.165, 1.54) is 6.07 Å². The Morgan fingerprint density at radius 2 is 2.25 bits per heavy atom. The number of benzene rings is 1. The molecular formula is C18H19ClFN3O. The highest BCUT2D eigenvalue weighted by Gasteiger charge is 2.19. The summed E-state index contributed by atoms with van der Waals surface area (Å²) in [6.45, 7) is 2.27. The molecule has 0 radical (unpaired) electrons. The first-order chi connectivity index (χ1) is 11.6. The van der Waals surface area contributed by atoms with Gasteiger partial charge in [0, 0.05) is 36.7 Å². The van der Waals surface area contributed by atoms with Gasteiger partial charge in [0.25, 0.3) is 0 Å². The van der Waals surface area contributed by atoms with Crippen LogP contribution in [0.15, 0.2) is 30.6 Å². The van der Waals surface area contributed by atoms with Crippen molar-refractivity contribution in [2.24, 2.45) is 0 Å². The SMILES string of the molecule is CN(CC1CCCO1)Cn1cc(C#N)c(-c2cccc(Cl)c2F)c1. The predicted molar refractivity (Wildman–Crippen MR) is 91.2 cm³/mol. The standard InChI is InChI=1S/C18H19ClFN3O/c1-22(10-14-4-3-7-24-14)12-23-9-13(8-21)16(11-23)15-5-2-6-17(19)18(15)20/h2,5-6,9,11,14H,3-4,7,10,12H2,1H3. The first kappa shape index (κ1) is 17.0. The quantitative estimate of drug-likeness (QED) is 0.824. The van der Waals surface area contributed by atoms with Crippen LogP contribution in [-0.2, 0) is 11.4 Å². The molecule has 1 saturated heterocycles. The third kappa shape index (κ3) is 3.62. The maximum absolute atomic E-state index is 14.3. The highest BCUT2D eigenvalue weighted by atomic mass is 35.5. The van der Waals surface area contributed by atoms with Gasteiger partial charge >= 0.3 is 0 Å². The molecule has 126 valence electrons. The zero-order valence-corrected chi connectivity index (χ0v) is 14.3. The van der Waals surface area contributed by atoms with Crippen LogP contribution in [0.4, 0.5) is 4.39 Å². The molecule has 0 amide bonds. The number of nitrogens with zero attached hydrogens (tertiary/aromatic N) is 3. The minimum atomic E-state index is -0.499. The second-order valence-corrected chi connectivity index (χ2v) is 6.54. The highest BCUT2D eigenvalue weighted by molar-refractivity contribution is 6.31. The molecule has 1 unspecified atom stereocenters. The van der Waals surface area contributed by atoms with Crippen LogP contribution in [0.1, 0.15) is 18.4 Å². The van der Waals surface area contributed by atoms with Gasteiger partial charge in [-0.05, 0) is 26.0 Å². The van der Waals surface area contributed by atoms with E-state index in [2.05, 4.69) is 11.0 Å². The van der Waals surface area contributed by atoms with E-state index in [-0.39, 0.29) is 11.1 Å². The molecule has 0 saturated carbocycles. The van der Waals surface area contributed by atoms with E-state index in [9.17, 15) is 9.65 Å². The number of aromatic nitrogens is 1. The number of halogens is 2. The molecule has 24 heavy (non-hydrogen) atoms. The average molecular weight is 348 g/mol. The Balaban J connectivity index is 1.80. The lowest BCUT2D eigenvalue weighted by Crippen LogP contribution is -2.30. The number of hydrogen-bond acceptors (Lipinski definition) is 3. The van der Waals surface area contributed by atoms with Crippen LogP contribution >= 0.6 is 11.6 Å². The summed E-state index contributed by atoms with van der Waals surface area (Å²) in [5.41, 5.74) is 1.34. The Hall–Kier alpha value is -1.87. The Labute approximate surface area is 146 Å². The van der Waals surface area contributed by atoms with E-state index < -0.39 is 5.82 Å². The van der Waals surface area contributed by atoms with Crippen molar-refractivity contribution in [3.63, 3.8) is 0 Å². The summed E-state index contributed by atoms with van der Waals surface area (Å²) in [7, 11) is 2.01. The van der Waals surface area contributed by atoms with Gasteiger partial charge in [0.05, 0.1) is 23.4 Å². The number of ether oxygens (including phenoxy) is 1. The lowest BCUT2D eigenvalue weighted by Gasteiger charge is -2.20. The molecule has 1 aromatic heterocycles. The smallest absolute Gasteiger partial charge is 0.149 e. The fourth-order valence-corrected chi connectivity index (χ4v) is 3.25. The van der Waals surface area contributed by atoms with Crippen LogP contribution < -0.4 is 0 Å². The number of hydrogen-bond donors (Lipinski definition) is 0. The fraction of sp³-hybridized carbons (Fsp3) is 0.389. The van der Waals surface area contributed by atoms with Crippen molar-refractivity contribution in [2.75, 3.05) is 20.2 Å². The van der Waals surface area contributed by atoms with Crippen LogP contribution in [0.25, 0.3) is 11.1 Å². The highest BCUT2D eigenvalue weighted by Crippen LogP contribution is 2.30. The van der Waals surface area contributed by atoms with Crippen LogP contribution in [0.2, 0.25) is 5.02 Å². The molecule has 0 spiro atoms. The van der Waals surface area contributed by atoms with Gasteiger partial charge < -0.3 is 9.30 Å². The normalized spacial score (nSPS) is 17.4. The first-order valence-electron chi connectivity index (χ1n) is 7.93. The predicted octanol–water partition coefficient (Wildman–Crippen LogP) is 3.89. The van der Waals surface area contributed by atoms with Crippen LogP contribution in [0.5, 0.6) is 0 Å². The van der Waals surface area contributed by atoms with E-state index in [1.807, 2.05) is 11.6 Å². The van der Waals surface area contributed by atoms with E-state index in [0.717, 1.165) is 26.0 Å². The molecule has 0 aliphatic carbocycles. The third-order valence-corrected chi connectivity index (χ3v) is 4.48. The Bertz CT molecular complexity index is 762. The van der Waals surface area contributed by atoms with E-state index in [4.69, 9.17) is 16.3 Å². The fourth-order valence-electron chi connectivity index (χ4n) is 3.08. The minimum absolute atomic E-state index is 0.0552. The number of rotatable bonds is 5. The molecule has 2 aromatic rings. The van der Waals surface area contributed by atoms with Crippen molar-refractivity contribution in [3.8, 4) is 17.2 Å². The lowest BCUT2D eigenvalue weighted by molar-refractivity contribution is 0.0726. The number of nitriles is 1. The van der Waals surface area contributed by atoms with Gasteiger partial charge in [0.1, 0.15) is 11.9 Å². The summed E-state index contributed by atoms with van der Waals surface area (Å²) in [6.07, 6.45) is 5.99. The molecule has 3 rings (SSSR count). The van der Waals surface area contributed by atoms with Crippen LogP contribution in [-0.4, -0.2) is 35.8 Å². The first-order valence-corrected chi connectivity index (χ1v) is 8.30. The maximum Gasteiger partial charge on any atom is 0.149 e. The molecule has 2 heterocycles. The van der Waals surface area contributed by atoms with Crippen LogP contribution in [0.3, 0.4) is 0 Å². The second kappa shape index (κ2) is 7.35. The average Bonchev–Trinajstić information content (AvgIpc) is 3.19. The summed E-state index contributed by atoms with van der Waals surface area (Å²) >= 11 is 5.86. The second-order valence-electron chi connectivity index (χ2n) is 6.13. The maximum atomic E-state index is 14.3. The molecule has 0 N–H and O–H groups in total. The van der Waals surface area contributed by atoms with Gasteiger partial charge in [0.2, 0.25) is 0 Å². The van der Waals surface area contributed by atoms with E-state index in [1.54, 1.807) is 24.5 Å². The molecule has 1 aliphatic heterocycles. The van der Waals surface area contributed by atoms with Gasteiger partial charge in [-0.2, -0.15) is 5.26 Å². The molecule has 0 bridgehead atoms. The topological polar surface area (TPSA) is 41.2 Å². The van der Waals surface area contributed by atoms with E-state index in [0.29, 0.717) is 23.4 Å². The summed E-state index contributed by atoms with van der Waals surface area (Å²) in [6, 6.07) is 6.95. The van der Waals surface area contributed by atoms with Crippen LogP contribution in [0, 0.1) is 17.1 Å². The van der Waals surface area contributed by atoms with Crippen molar-refractivity contribution < 1.29 is 9.13 Å². The minimum Gasteiger partial charge on any atom is -0.377 e. The summed E-state index contributed by atoms with van der Waals surface area (Å²) in [5, 5.41) is 9.42. The van der Waals surface area contributed by atoms with Crippen molar-refractivity contribution in [1.29, 1.82) is 5.26 Å². The van der Waals surface area contributed by atoms with Crippen molar-refractivity contribution in [2.45, 2.75) is 25.6 Å². The van der Waals surface area contributed by atoms with Gasteiger partial charge in [-0.15, -0.1) is 0 Å². The monoisotopic (exact) mass is 347 g/mol. The summed E-state index contributed by atoms with van der Waals surface area (Å²) in [4.78, 5) is 2.13. The number of likely N-dealkylation sites (N-methyl/N-ethyl adjacent to an activating group) is 1. The molecule has 1 aromatic carbocycles. The lowest BCUT2D eigenvalue weighted by atomic mass is 10.1. The zero-order valence-electron chi connectivity index (χ0n) is 13.5. The molecule has 1 atom stereocenters. The van der Waals surface area contributed by atoms with Crippen molar-refractivity contribution in [1.82, 2.24) is 9.47 Å². The summed E-state index contributed by atoms with van der Waals surface area (Å²) < 4.78 is 21.8. The van der Waals surface area contributed by atoms with Gasteiger partial charge in [-0.3, -0.25) is 4.90 Å². The molecule has 4 nitrogen and oxygen atoms in total. The molecule has 1 fully saturated rings. The Morgan fingerprint density at radius 1 is 1.42 bits per heavy atom. The van der Waals surface area contributed by atoms with Gasteiger partial charge in [0.15, 0.2) is 0 Å². The van der Waals surface area contributed by atoms with E-state index >= 15 is 0 Å². The largest absolute Gasteiger partial charge is 0.377 e. The molecule has 6 heteroatoms.